The summed E-state index contributed by atoms with van der Waals surface area (Å²) in [5, 5.41) is 3.28. The van der Waals surface area contributed by atoms with Crippen molar-refractivity contribution in [1.29, 1.82) is 0 Å². The van der Waals surface area contributed by atoms with E-state index in [1.807, 2.05) is 19.1 Å². The second-order valence-corrected chi connectivity index (χ2v) is 5.08. The fraction of sp³-hybridized carbons (Fsp3) is 0.562. The van der Waals surface area contributed by atoms with E-state index in [9.17, 15) is 4.79 Å². The molecule has 0 heterocycles. The number of ether oxygens (including phenoxy) is 1. The van der Waals surface area contributed by atoms with Gasteiger partial charge in [0.15, 0.2) is 0 Å². The van der Waals surface area contributed by atoms with Crippen molar-refractivity contribution in [3.63, 3.8) is 0 Å². The molecule has 1 aromatic carbocycles. The van der Waals surface area contributed by atoms with Crippen LogP contribution in [0, 0.1) is 0 Å². The Labute approximate surface area is 115 Å². The van der Waals surface area contributed by atoms with Crippen molar-refractivity contribution < 1.29 is 9.53 Å². The summed E-state index contributed by atoms with van der Waals surface area (Å²) in [6.07, 6.45) is 3.55. The molecular weight excluding hydrogens is 238 g/mol. The van der Waals surface area contributed by atoms with Gasteiger partial charge < -0.3 is 10.1 Å². The molecule has 0 saturated heterocycles. The predicted octanol–water partition coefficient (Wildman–Crippen LogP) is 3.17. The molecule has 1 unspecified atom stereocenters. The maximum atomic E-state index is 12.1. The van der Waals surface area contributed by atoms with Crippen LogP contribution >= 0.6 is 0 Å². The minimum atomic E-state index is -0.335. The lowest BCUT2D eigenvalue weighted by Gasteiger charge is -2.18. The van der Waals surface area contributed by atoms with Crippen LogP contribution in [-0.4, -0.2) is 19.1 Å². The van der Waals surface area contributed by atoms with Crippen LogP contribution in [0.1, 0.15) is 56.2 Å². The minimum absolute atomic E-state index is 0.177. The summed E-state index contributed by atoms with van der Waals surface area (Å²) >= 11 is 0. The third kappa shape index (κ3) is 3.80. The molecule has 1 atom stereocenters. The van der Waals surface area contributed by atoms with Gasteiger partial charge in [-0.15, -0.1) is 0 Å². The smallest absolute Gasteiger partial charge is 0.327 e. The Morgan fingerprint density at radius 3 is 2.84 bits per heavy atom. The fourth-order valence-electron chi connectivity index (χ4n) is 2.26. The molecule has 1 saturated carbocycles. The number of esters is 1. The lowest BCUT2D eigenvalue weighted by atomic mass is 10.0. The van der Waals surface area contributed by atoms with E-state index in [4.69, 9.17) is 4.74 Å². The SMILES string of the molecule is CCCNC(C(=O)OCC)c1cccc(C2CC2)c1. The van der Waals surface area contributed by atoms with Crippen LogP contribution in [-0.2, 0) is 9.53 Å². The number of rotatable bonds is 7. The Bertz CT molecular complexity index is 427. The second kappa shape index (κ2) is 6.71. The maximum Gasteiger partial charge on any atom is 0.327 e. The summed E-state index contributed by atoms with van der Waals surface area (Å²) in [5.74, 6) is 0.526. The number of benzene rings is 1. The highest BCUT2D eigenvalue weighted by atomic mass is 16.5. The average molecular weight is 261 g/mol. The molecule has 3 heteroatoms. The summed E-state index contributed by atoms with van der Waals surface area (Å²) in [4.78, 5) is 12.1. The molecule has 1 aliphatic carbocycles. The largest absolute Gasteiger partial charge is 0.465 e. The Morgan fingerprint density at radius 1 is 1.42 bits per heavy atom. The summed E-state index contributed by atoms with van der Waals surface area (Å²) in [5.41, 5.74) is 2.38. The summed E-state index contributed by atoms with van der Waals surface area (Å²) in [7, 11) is 0. The van der Waals surface area contributed by atoms with Crippen molar-refractivity contribution in [2.24, 2.45) is 0 Å². The molecule has 19 heavy (non-hydrogen) atoms. The topological polar surface area (TPSA) is 38.3 Å². The van der Waals surface area contributed by atoms with Gasteiger partial charge in [0.1, 0.15) is 6.04 Å². The van der Waals surface area contributed by atoms with Gasteiger partial charge >= 0.3 is 5.97 Å². The first-order valence-electron chi connectivity index (χ1n) is 7.26. The van der Waals surface area contributed by atoms with E-state index in [-0.39, 0.29) is 12.0 Å². The number of nitrogens with one attached hydrogen (secondary N) is 1. The molecule has 2 rings (SSSR count). The van der Waals surface area contributed by atoms with Gasteiger partial charge in [0, 0.05) is 0 Å². The van der Waals surface area contributed by atoms with E-state index in [0.29, 0.717) is 12.5 Å². The van der Waals surface area contributed by atoms with Crippen molar-refractivity contribution in [2.75, 3.05) is 13.2 Å². The Morgan fingerprint density at radius 2 is 2.21 bits per heavy atom. The average Bonchev–Trinajstić information content (AvgIpc) is 3.24. The zero-order chi connectivity index (χ0) is 13.7. The van der Waals surface area contributed by atoms with Gasteiger partial charge in [-0.2, -0.15) is 0 Å². The highest BCUT2D eigenvalue weighted by Gasteiger charge is 2.26. The number of hydrogen-bond acceptors (Lipinski definition) is 3. The van der Waals surface area contributed by atoms with Crippen LogP contribution in [0.15, 0.2) is 24.3 Å². The molecule has 1 aliphatic rings. The normalized spacial score (nSPS) is 16.1. The van der Waals surface area contributed by atoms with Crippen molar-refractivity contribution in [2.45, 2.75) is 45.1 Å². The van der Waals surface area contributed by atoms with Gasteiger partial charge in [0.05, 0.1) is 6.61 Å². The number of carbonyl (C=O) groups excluding carboxylic acids is 1. The molecule has 0 spiro atoms. The standard InChI is InChI=1S/C16H23NO2/c1-3-10-17-15(16(18)19-4-2)14-7-5-6-13(11-14)12-8-9-12/h5-7,11-12,15,17H,3-4,8-10H2,1-2H3. The molecule has 1 fully saturated rings. The lowest BCUT2D eigenvalue weighted by Crippen LogP contribution is -2.30. The third-order valence-corrected chi connectivity index (χ3v) is 3.41. The Balaban J connectivity index is 2.15. The summed E-state index contributed by atoms with van der Waals surface area (Å²) in [6, 6.07) is 8.03. The van der Waals surface area contributed by atoms with Crippen LogP contribution in [0.3, 0.4) is 0 Å². The van der Waals surface area contributed by atoms with Crippen molar-refractivity contribution in [1.82, 2.24) is 5.32 Å². The summed E-state index contributed by atoms with van der Waals surface area (Å²) < 4.78 is 5.17. The molecule has 104 valence electrons. The third-order valence-electron chi connectivity index (χ3n) is 3.41. The minimum Gasteiger partial charge on any atom is -0.465 e. The van der Waals surface area contributed by atoms with Crippen LogP contribution in [0.25, 0.3) is 0 Å². The Kier molecular flexibility index (Phi) is 4.97. The van der Waals surface area contributed by atoms with Crippen molar-refractivity contribution in [3.05, 3.63) is 35.4 Å². The van der Waals surface area contributed by atoms with E-state index in [0.717, 1.165) is 18.5 Å². The zero-order valence-electron chi connectivity index (χ0n) is 11.8. The fourth-order valence-corrected chi connectivity index (χ4v) is 2.26. The van der Waals surface area contributed by atoms with E-state index in [1.165, 1.54) is 18.4 Å². The molecule has 0 amide bonds. The van der Waals surface area contributed by atoms with Crippen molar-refractivity contribution >= 4 is 5.97 Å². The monoisotopic (exact) mass is 261 g/mol. The maximum absolute atomic E-state index is 12.1. The van der Waals surface area contributed by atoms with Gasteiger partial charge in [-0.3, -0.25) is 0 Å². The quantitative estimate of drug-likeness (QED) is 0.766. The van der Waals surface area contributed by atoms with Crippen LogP contribution in [0.4, 0.5) is 0 Å². The first-order chi connectivity index (χ1) is 9.26. The zero-order valence-corrected chi connectivity index (χ0v) is 11.8. The highest BCUT2D eigenvalue weighted by Crippen LogP contribution is 2.40. The molecule has 0 radical (unpaired) electrons. The van der Waals surface area contributed by atoms with Gasteiger partial charge in [-0.25, -0.2) is 4.79 Å². The first kappa shape index (κ1) is 14.1. The van der Waals surface area contributed by atoms with E-state index in [2.05, 4.69) is 24.4 Å². The number of carbonyl (C=O) groups is 1. The van der Waals surface area contributed by atoms with Gasteiger partial charge in [-0.1, -0.05) is 31.2 Å². The van der Waals surface area contributed by atoms with Crippen LogP contribution in [0.5, 0.6) is 0 Å². The molecule has 1 N–H and O–H groups in total. The molecule has 0 aliphatic heterocycles. The van der Waals surface area contributed by atoms with Gasteiger partial charge in [0.2, 0.25) is 0 Å². The van der Waals surface area contributed by atoms with Gasteiger partial charge in [-0.05, 0) is 49.8 Å². The molecule has 0 bridgehead atoms. The van der Waals surface area contributed by atoms with Crippen LogP contribution < -0.4 is 5.32 Å². The van der Waals surface area contributed by atoms with Crippen LogP contribution in [0.2, 0.25) is 0 Å². The van der Waals surface area contributed by atoms with E-state index >= 15 is 0 Å². The van der Waals surface area contributed by atoms with E-state index in [1.54, 1.807) is 0 Å². The number of hydrogen-bond donors (Lipinski definition) is 1. The Hall–Kier alpha value is -1.35. The predicted molar refractivity (Wildman–Crippen MR) is 76.1 cm³/mol. The van der Waals surface area contributed by atoms with Crippen molar-refractivity contribution in [3.8, 4) is 0 Å². The highest BCUT2D eigenvalue weighted by molar-refractivity contribution is 5.77. The molecular formula is C16H23NO2. The molecule has 1 aromatic rings. The lowest BCUT2D eigenvalue weighted by molar-refractivity contribution is -0.145. The molecule has 0 aromatic heterocycles. The van der Waals surface area contributed by atoms with Gasteiger partial charge in [0.25, 0.3) is 0 Å². The molecule has 3 nitrogen and oxygen atoms in total. The van der Waals surface area contributed by atoms with E-state index < -0.39 is 0 Å². The summed E-state index contributed by atoms with van der Waals surface area (Å²) in [6.45, 7) is 5.17. The second-order valence-electron chi connectivity index (χ2n) is 5.08. The first-order valence-corrected chi connectivity index (χ1v) is 7.26.